The van der Waals surface area contributed by atoms with Gasteiger partial charge in [-0.3, -0.25) is 16.6 Å². The second kappa shape index (κ2) is 5.96. The van der Waals surface area contributed by atoms with Gasteiger partial charge in [-0.15, -0.1) is 0 Å². The molecule has 3 nitrogen and oxygen atoms in total. The molecule has 0 saturated carbocycles. The van der Waals surface area contributed by atoms with Crippen molar-refractivity contribution in [3.8, 4) is 0 Å². The van der Waals surface area contributed by atoms with Crippen LogP contribution in [-0.2, 0) is 37.5 Å². The molecule has 1 heterocycles. The molecular weight excluding hydrogens is 347 g/mol. The number of hydrogen-bond acceptors (Lipinski definition) is 3. The first-order valence-electron chi connectivity index (χ1n) is 5.79. The van der Waals surface area contributed by atoms with Crippen molar-refractivity contribution in [3.05, 3.63) is 55.9 Å². The topological polar surface area (TPSA) is 37.4 Å². The molecule has 1 aliphatic rings. The van der Waals surface area contributed by atoms with Crippen LogP contribution in [0.1, 0.15) is 10.4 Å². The van der Waals surface area contributed by atoms with Crippen molar-refractivity contribution >= 4 is 33.6 Å². The minimum Gasteiger partial charge on any atom is -0.507 e. The Kier molecular flexibility index (Phi) is 4.67. The van der Waals surface area contributed by atoms with Crippen molar-refractivity contribution in [2.24, 2.45) is 0 Å². The van der Waals surface area contributed by atoms with E-state index in [2.05, 4.69) is 14.0 Å². The number of amides is 1. The Balaban J connectivity index is 0.00000147. The van der Waals surface area contributed by atoms with Crippen LogP contribution in [0, 0.1) is 14.0 Å². The largest absolute Gasteiger partial charge is 0.507 e. The molecular formula is C15H11NO2SY-2. The smallest absolute Gasteiger partial charge is 0.224 e. The maximum Gasteiger partial charge on any atom is 0.224 e. The van der Waals surface area contributed by atoms with Crippen molar-refractivity contribution in [1.82, 2.24) is 4.90 Å². The molecule has 0 saturated heterocycles. The van der Waals surface area contributed by atoms with E-state index < -0.39 is 6.04 Å². The summed E-state index contributed by atoms with van der Waals surface area (Å²) < 4.78 is 0. The Morgan fingerprint density at radius 2 is 1.70 bits per heavy atom. The van der Waals surface area contributed by atoms with Crippen LogP contribution in [0.15, 0.2) is 41.3 Å². The molecule has 2 aromatic carbocycles. The molecule has 5 heteroatoms. The number of thioether (sulfide) groups is 1. The molecule has 2 aromatic rings. The zero-order valence-corrected chi connectivity index (χ0v) is 14.4. The van der Waals surface area contributed by atoms with Gasteiger partial charge in [-0.05, 0) is 22.9 Å². The van der Waals surface area contributed by atoms with Crippen LogP contribution in [0.25, 0.3) is 10.8 Å². The fraction of sp³-hybridized carbons (Fsp3) is 0.0667. The van der Waals surface area contributed by atoms with Gasteiger partial charge in [-0.1, -0.05) is 42.1 Å². The molecule has 1 amide bonds. The van der Waals surface area contributed by atoms with Gasteiger partial charge in [0.25, 0.3) is 0 Å². The van der Waals surface area contributed by atoms with Gasteiger partial charge in [0.15, 0.2) is 5.12 Å². The van der Waals surface area contributed by atoms with Crippen LogP contribution in [0.2, 0.25) is 0 Å². The number of benzene rings is 2. The Bertz CT molecular complexity index is 701. The first-order chi connectivity index (χ1) is 9.08. The van der Waals surface area contributed by atoms with E-state index in [1.54, 1.807) is 0 Å². The van der Waals surface area contributed by atoms with E-state index >= 15 is 0 Å². The number of hydrogen-bond donors (Lipinski definition) is 0. The molecule has 20 heavy (non-hydrogen) atoms. The number of rotatable bonds is 0. The third-order valence-corrected chi connectivity index (χ3v) is 4.23. The molecule has 0 N–H and O–H groups in total. The first-order valence-corrected chi connectivity index (χ1v) is 6.61. The Hall–Kier alpha value is -0.706. The molecule has 1 unspecified atom stereocenters. The molecule has 1 aliphatic heterocycles. The third-order valence-electron chi connectivity index (χ3n) is 3.20. The van der Waals surface area contributed by atoms with Crippen molar-refractivity contribution in [2.45, 2.75) is 10.9 Å². The van der Waals surface area contributed by atoms with E-state index in [1.165, 1.54) is 0 Å². The summed E-state index contributed by atoms with van der Waals surface area (Å²) in [5, 5.41) is 1.81. The van der Waals surface area contributed by atoms with Crippen LogP contribution in [0.5, 0.6) is 0 Å². The fourth-order valence-electron chi connectivity index (χ4n) is 2.07. The van der Waals surface area contributed by atoms with Crippen LogP contribution < -0.4 is 0 Å². The van der Waals surface area contributed by atoms with E-state index in [0.717, 1.165) is 27.4 Å². The van der Waals surface area contributed by atoms with Gasteiger partial charge in [0.1, 0.15) is 0 Å². The van der Waals surface area contributed by atoms with Crippen molar-refractivity contribution in [3.63, 3.8) is 0 Å². The van der Waals surface area contributed by atoms with Gasteiger partial charge in [-0.25, -0.2) is 0 Å². The zero-order valence-electron chi connectivity index (χ0n) is 10.7. The summed E-state index contributed by atoms with van der Waals surface area (Å²) in [5.41, 5.74) is 0.512. The van der Waals surface area contributed by atoms with E-state index in [-0.39, 0.29) is 43.7 Å². The van der Waals surface area contributed by atoms with Gasteiger partial charge in [0, 0.05) is 37.6 Å². The van der Waals surface area contributed by atoms with Crippen LogP contribution in [0.4, 0.5) is 0 Å². The van der Waals surface area contributed by atoms with Crippen molar-refractivity contribution < 1.29 is 42.3 Å². The van der Waals surface area contributed by atoms with Crippen molar-refractivity contribution in [2.75, 3.05) is 0 Å². The summed E-state index contributed by atoms with van der Waals surface area (Å²) in [4.78, 5) is 26.1. The molecule has 1 atom stereocenters. The van der Waals surface area contributed by atoms with E-state index in [9.17, 15) is 9.59 Å². The maximum atomic E-state index is 12.3. The summed E-state index contributed by atoms with van der Waals surface area (Å²) in [5.74, 6) is -0.265. The van der Waals surface area contributed by atoms with Gasteiger partial charge in [0.2, 0.25) is 5.91 Å². The minimum absolute atomic E-state index is 0. The predicted molar refractivity (Wildman–Crippen MR) is 75.5 cm³/mol. The van der Waals surface area contributed by atoms with E-state index in [1.807, 2.05) is 36.4 Å². The molecule has 99 valence electrons. The van der Waals surface area contributed by atoms with Crippen LogP contribution in [0.3, 0.4) is 0 Å². The average molecular weight is 358 g/mol. The average Bonchev–Trinajstić information content (AvgIpc) is 2.50. The zero-order chi connectivity index (χ0) is 13.6. The summed E-state index contributed by atoms with van der Waals surface area (Å²) in [6, 6.07) is 10.7. The second-order valence-corrected chi connectivity index (χ2v) is 5.45. The summed E-state index contributed by atoms with van der Waals surface area (Å²) in [7, 11) is 3.64. The molecule has 1 radical (unpaired) electrons. The second-order valence-electron chi connectivity index (χ2n) is 4.41. The van der Waals surface area contributed by atoms with E-state index in [0.29, 0.717) is 10.5 Å². The summed E-state index contributed by atoms with van der Waals surface area (Å²) in [6.45, 7) is 3.69. The van der Waals surface area contributed by atoms with Crippen LogP contribution in [-0.4, -0.2) is 22.0 Å². The number of carbonyl (C=O) groups excluding carboxylic acids is 2. The fourth-order valence-corrected chi connectivity index (χ4v) is 2.99. The summed E-state index contributed by atoms with van der Waals surface area (Å²) in [6.07, 6.45) is 0. The molecule has 0 fully saturated rings. The molecule has 0 aliphatic carbocycles. The Morgan fingerprint density at radius 1 is 1.10 bits per heavy atom. The Morgan fingerprint density at radius 3 is 2.35 bits per heavy atom. The van der Waals surface area contributed by atoms with Gasteiger partial charge in [-0.2, -0.15) is 0 Å². The number of carbonyl (C=O) groups is 2. The molecule has 0 bridgehead atoms. The molecule has 0 spiro atoms. The maximum absolute atomic E-state index is 12.3. The predicted octanol–water partition coefficient (Wildman–Crippen LogP) is 2.91. The standard InChI is InChI=1S/C15H11NO2S.Y/c1-9-15(18)19-13-8-11-6-4-3-5-10(11)7-12(13)14(17)16(9)2;/h3-9H,1-2H2;/q-2;. The molecule has 0 aromatic heterocycles. The number of fused-ring (bicyclic) bond motifs is 2. The van der Waals surface area contributed by atoms with Gasteiger partial charge >= 0.3 is 0 Å². The third kappa shape index (κ3) is 2.57. The summed E-state index contributed by atoms with van der Waals surface area (Å²) >= 11 is 1.06. The Labute approximate surface area is 147 Å². The van der Waals surface area contributed by atoms with Crippen LogP contribution >= 0.6 is 11.8 Å². The van der Waals surface area contributed by atoms with Crippen molar-refractivity contribution in [1.29, 1.82) is 0 Å². The quantitative estimate of drug-likeness (QED) is 0.680. The van der Waals surface area contributed by atoms with E-state index in [4.69, 9.17) is 0 Å². The van der Waals surface area contributed by atoms with Gasteiger partial charge in [0.05, 0.1) is 5.56 Å². The monoisotopic (exact) mass is 358 g/mol. The van der Waals surface area contributed by atoms with Gasteiger partial charge < -0.3 is 11.8 Å². The number of nitrogens with zero attached hydrogens (tertiary/aromatic N) is 1. The minimum atomic E-state index is -0.756. The SMILES string of the molecule is [CH2-]C1C(=O)Sc2cc3ccccc3cc2C(=O)N1[CH2-].[Y]. The molecule has 3 rings (SSSR count). The first kappa shape index (κ1) is 15.7. The normalized spacial score (nSPS) is 18.5.